The molecule has 0 aliphatic rings. The van der Waals surface area contributed by atoms with Crippen LogP contribution < -0.4 is 5.32 Å². The molecule has 0 fully saturated rings. The summed E-state index contributed by atoms with van der Waals surface area (Å²) in [6, 6.07) is -0.637. The van der Waals surface area contributed by atoms with E-state index in [9.17, 15) is 13.2 Å². The van der Waals surface area contributed by atoms with Crippen molar-refractivity contribution in [2.45, 2.75) is 39.2 Å². The van der Waals surface area contributed by atoms with Crippen LogP contribution in [0.3, 0.4) is 0 Å². The van der Waals surface area contributed by atoms with Crippen LogP contribution in [0.4, 0.5) is 0 Å². The van der Waals surface area contributed by atoms with Crippen molar-refractivity contribution < 1.29 is 18.3 Å². The highest BCUT2D eigenvalue weighted by atomic mass is 35.5. The lowest BCUT2D eigenvalue weighted by Gasteiger charge is -2.13. The molecular formula is C10H22ClNO4S. The van der Waals surface area contributed by atoms with E-state index >= 15 is 0 Å². The van der Waals surface area contributed by atoms with E-state index in [-0.39, 0.29) is 30.5 Å². The highest BCUT2D eigenvalue weighted by Gasteiger charge is 2.16. The Balaban J connectivity index is 0. The van der Waals surface area contributed by atoms with Gasteiger partial charge in [0.1, 0.15) is 6.04 Å². The first-order valence-corrected chi connectivity index (χ1v) is 7.41. The third kappa shape index (κ3) is 9.38. The Morgan fingerprint density at radius 1 is 1.24 bits per heavy atom. The van der Waals surface area contributed by atoms with E-state index < -0.39 is 21.8 Å². The van der Waals surface area contributed by atoms with E-state index in [1.54, 1.807) is 0 Å². The maximum absolute atomic E-state index is 11.4. The Kier molecular flexibility index (Phi) is 10.8. The largest absolute Gasteiger partial charge is 0.480 e. The minimum atomic E-state index is -3.02. The minimum absolute atomic E-state index is 0. The fourth-order valence-electron chi connectivity index (χ4n) is 1.40. The molecule has 0 aliphatic heterocycles. The molecule has 17 heavy (non-hydrogen) atoms. The quantitative estimate of drug-likeness (QED) is 0.663. The molecule has 0 aromatic heterocycles. The number of rotatable bonds is 9. The van der Waals surface area contributed by atoms with Crippen LogP contribution >= 0.6 is 12.4 Å². The SMILES string of the molecule is CCCC(NCCS(=O)(=O)CCC)C(=O)O.Cl. The van der Waals surface area contributed by atoms with Crippen molar-refractivity contribution in [3.05, 3.63) is 0 Å². The fourth-order valence-corrected chi connectivity index (χ4v) is 2.66. The molecule has 1 atom stereocenters. The second-order valence-electron chi connectivity index (χ2n) is 3.79. The summed E-state index contributed by atoms with van der Waals surface area (Å²) in [5.74, 6) is -0.746. The molecule has 104 valence electrons. The van der Waals surface area contributed by atoms with Crippen molar-refractivity contribution in [2.24, 2.45) is 0 Å². The zero-order valence-electron chi connectivity index (χ0n) is 10.3. The molecule has 0 spiro atoms. The Morgan fingerprint density at radius 2 is 1.82 bits per heavy atom. The number of nitrogens with one attached hydrogen (secondary N) is 1. The summed E-state index contributed by atoms with van der Waals surface area (Å²) in [5, 5.41) is 11.6. The zero-order chi connectivity index (χ0) is 12.6. The van der Waals surface area contributed by atoms with E-state index in [1.807, 2.05) is 13.8 Å². The van der Waals surface area contributed by atoms with E-state index in [0.717, 1.165) is 6.42 Å². The van der Waals surface area contributed by atoms with Gasteiger partial charge in [0.2, 0.25) is 0 Å². The molecule has 0 aromatic rings. The predicted molar refractivity (Wildman–Crippen MR) is 70.5 cm³/mol. The number of sulfone groups is 1. The number of halogens is 1. The van der Waals surface area contributed by atoms with Crippen molar-refractivity contribution in [1.29, 1.82) is 0 Å². The first-order valence-electron chi connectivity index (χ1n) is 5.59. The Hall–Kier alpha value is -0.330. The normalized spacial score (nSPS) is 12.8. The minimum Gasteiger partial charge on any atom is -0.480 e. The predicted octanol–water partition coefficient (Wildman–Crippen LogP) is 1.08. The third-order valence-corrected chi connectivity index (χ3v) is 4.05. The molecule has 0 radical (unpaired) electrons. The highest BCUT2D eigenvalue weighted by molar-refractivity contribution is 7.91. The van der Waals surface area contributed by atoms with Crippen LogP contribution in [0.5, 0.6) is 0 Å². The van der Waals surface area contributed by atoms with Gasteiger partial charge in [0, 0.05) is 12.3 Å². The molecule has 7 heteroatoms. The summed E-state index contributed by atoms with van der Waals surface area (Å²) in [7, 11) is -3.02. The van der Waals surface area contributed by atoms with Crippen LogP contribution in [0.1, 0.15) is 33.1 Å². The summed E-state index contributed by atoms with van der Waals surface area (Å²) >= 11 is 0. The van der Waals surface area contributed by atoms with Gasteiger partial charge in [-0.25, -0.2) is 8.42 Å². The standard InChI is InChI=1S/C10H21NO4S.ClH/c1-3-5-9(10(12)13)11-6-8-16(14,15)7-4-2;/h9,11H,3-8H2,1-2H3,(H,12,13);1H. The summed E-state index contributed by atoms with van der Waals surface area (Å²) in [6.45, 7) is 3.91. The number of hydrogen-bond acceptors (Lipinski definition) is 4. The Morgan fingerprint density at radius 3 is 2.24 bits per heavy atom. The van der Waals surface area contributed by atoms with Crippen molar-refractivity contribution in [2.75, 3.05) is 18.1 Å². The fraction of sp³-hybridized carbons (Fsp3) is 0.900. The van der Waals surface area contributed by atoms with Crippen LogP contribution in [-0.4, -0.2) is 43.6 Å². The van der Waals surface area contributed by atoms with Gasteiger partial charge in [-0.05, 0) is 12.8 Å². The molecule has 1 unspecified atom stereocenters. The second kappa shape index (κ2) is 9.67. The van der Waals surface area contributed by atoms with E-state index in [4.69, 9.17) is 5.11 Å². The van der Waals surface area contributed by atoms with Crippen LogP contribution in [0.25, 0.3) is 0 Å². The lowest BCUT2D eigenvalue weighted by Crippen LogP contribution is -2.39. The molecule has 0 heterocycles. The molecular weight excluding hydrogens is 266 g/mol. The van der Waals surface area contributed by atoms with E-state index in [2.05, 4.69) is 5.32 Å². The molecule has 0 saturated carbocycles. The summed E-state index contributed by atoms with van der Waals surface area (Å²) in [4.78, 5) is 10.8. The molecule has 0 aromatic carbocycles. The smallest absolute Gasteiger partial charge is 0.320 e. The van der Waals surface area contributed by atoms with Crippen LogP contribution in [0.2, 0.25) is 0 Å². The van der Waals surface area contributed by atoms with Crippen molar-refractivity contribution >= 4 is 28.2 Å². The maximum atomic E-state index is 11.4. The first-order chi connectivity index (χ1) is 7.43. The third-order valence-electron chi connectivity index (χ3n) is 2.19. The topological polar surface area (TPSA) is 83.5 Å². The molecule has 5 nitrogen and oxygen atoms in total. The summed E-state index contributed by atoms with van der Waals surface area (Å²) in [6.07, 6.45) is 1.87. The zero-order valence-corrected chi connectivity index (χ0v) is 11.9. The number of hydrogen-bond donors (Lipinski definition) is 2. The summed E-state index contributed by atoms with van der Waals surface area (Å²) in [5.41, 5.74) is 0. The average Bonchev–Trinajstić information content (AvgIpc) is 2.15. The van der Waals surface area contributed by atoms with Gasteiger partial charge in [-0.2, -0.15) is 0 Å². The first kappa shape index (κ1) is 19.0. The number of carbonyl (C=O) groups is 1. The van der Waals surface area contributed by atoms with Gasteiger partial charge in [-0.15, -0.1) is 12.4 Å². The molecule has 0 aliphatic carbocycles. The van der Waals surface area contributed by atoms with Gasteiger partial charge < -0.3 is 10.4 Å². The summed E-state index contributed by atoms with van der Waals surface area (Å²) < 4.78 is 22.7. The van der Waals surface area contributed by atoms with E-state index in [1.165, 1.54) is 0 Å². The van der Waals surface area contributed by atoms with Gasteiger partial charge in [0.25, 0.3) is 0 Å². The highest BCUT2D eigenvalue weighted by Crippen LogP contribution is 1.98. The van der Waals surface area contributed by atoms with Gasteiger partial charge >= 0.3 is 5.97 Å². The second-order valence-corrected chi connectivity index (χ2v) is 6.09. The van der Waals surface area contributed by atoms with Crippen LogP contribution in [0, 0.1) is 0 Å². The monoisotopic (exact) mass is 287 g/mol. The van der Waals surface area contributed by atoms with Gasteiger partial charge in [-0.1, -0.05) is 20.3 Å². The van der Waals surface area contributed by atoms with Crippen LogP contribution in [-0.2, 0) is 14.6 Å². The molecule has 0 bridgehead atoms. The number of carboxylic acids is 1. The number of carboxylic acid groups (broad SMARTS) is 1. The van der Waals surface area contributed by atoms with Gasteiger partial charge in [-0.3, -0.25) is 4.79 Å². The molecule has 0 amide bonds. The molecule has 2 N–H and O–H groups in total. The molecule has 0 rings (SSSR count). The van der Waals surface area contributed by atoms with Crippen molar-refractivity contribution in [3.63, 3.8) is 0 Å². The Bertz CT molecular complexity index is 305. The Labute approximate surface area is 109 Å². The van der Waals surface area contributed by atoms with Gasteiger partial charge in [0.15, 0.2) is 9.84 Å². The number of aliphatic carboxylic acids is 1. The van der Waals surface area contributed by atoms with Gasteiger partial charge in [0.05, 0.1) is 5.75 Å². The maximum Gasteiger partial charge on any atom is 0.320 e. The van der Waals surface area contributed by atoms with Crippen molar-refractivity contribution in [1.82, 2.24) is 5.32 Å². The molecule has 0 saturated heterocycles. The lowest BCUT2D eigenvalue weighted by molar-refractivity contribution is -0.139. The van der Waals surface area contributed by atoms with Crippen LogP contribution in [0.15, 0.2) is 0 Å². The lowest BCUT2D eigenvalue weighted by atomic mass is 10.2. The van der Waals surface area contributed by atoms with Crippen molar-refractivity contribution in [3.8, 4) is 0 Å². The van der Waals surface area contributed by atoms with E-state index in [0.29, 0.717) is 12.8 Å². The average molecular weight is 288 g/mol.